The maximum atomic E-state index is 13.1. The molecular formula is C53H89N3O39. The molecule has 24 N–H and O–H groups in total. The van der Waals surface area contributed by atoms with Crippen LogP contribution < -0.4 is 16.0 Å². The molecule has 8 heterocycles. The monoisotopic (exact) mass is 1390 g/mol. The van der Waals surface area contributed by atoms with Gasteiger partial charge < -0.3 is 194 Å². The van der Waals surface area contributed by atoms with Crippen LogP contribution in [0.15, 0.2) is 0 Å². The first kappa shape index (κ1) is 77.7. The molecule has 0 bridgehead atoms. The number of ether oxygens (including phenoxy) is 15. The number of carbonyl (C=O) groups is 3. The van der Waals surface area contributed by atoms with Crippen LogP contribution in [0.3, 0.4) is 0 Å². The number of amides is 3. The average molecular weight is 1390 g/mol. The van der Waals surface area contributed by atoms with E-state index in [1.165, 1.54) is 6.92 Å². The van der Waals surface area contributed by atoms with E-state index >= 15 is 0 Å². The topological polar surface area (TPSA) is 651 Å². The van der Waals surface area contributed by atoms with Gasteiger partial charge in [0.1, 0.15) is 183 Å². The van der Waals surface area contributed by atoms with Crippen molar-refractivity contribution in [3.05, 3.63) is 0 Å². The van der Waals surface area contributed by atoms with Crippen LogP contribution in [0.5, 0.6) is 0 Å². The highest BCUT2D eigenvalue weighted by Crippen LogP contribution is 2.39. The summed E-state index contributed by atoms with van der Waals surface area (Å²) in [5, 5.41) is 238. The van der Waals surface area contributed by atoms with Crippen LogP contribution in [0, 0.1) is 0 Å². The molecule has 0 aromatic rings. The Morgan fingerprint density at radius 2 is 0.737 bits per heavy atom. The van der Waals surface area contributed by atoms with Crippen molar-refractivity contribution in [3.63, 3.8) is 0 Å². The molecule has 8 rings (SSSR count). The van der Waals surface area contributed by atoms with Gasteiger partial charge in [-0.1, -0.05) is 0 Å². The van der Waals surface area contributed by atoms with Crippen molar-refractivity contribution in [2.24, 2.45) is 0 Å². The van der Waals surface area contributed by atoms with E-state index in [4.69, 9.17) is 71.1 Å². The number of aliphatic hydroxyl groups is 21. The summed E-state index contributed by atoms with van der Waals surface area (Å²) < 4.78 is 88.9. The summed E-state index contributed by atoms with van der Waals surface area (Å²) in [6.07, 6.45) is -71.3. The number of hydrogen-bond acceptors (Lipinski definition) is 39. The first-order valence-electron chi connectivity index (χ1n) is 30.4. The fraction of sp³-hybridized carbons (Fsp3) is 0.943. The second-order valence-corrected chi connectivity index (χ2v) is 24.2. The van der Waals surface area contributed by atoms with Gasteiger partial charge in [-0.3, -0.25) is 14.4 Å². The van der Waals surface area contributed by atoms with Crippen LogP contribution in [0.4, 0.5) is 0 Å². The van der Waals surface area contributed by atoms with E-state index < -0.39 is 303 Å². The molecule has 3 amide bonds. The van der Waals surface area contributed by atoms with Gasteiger partial charge in [0.25, 0.3) is 0 Å². The maximum absolute atomic E-state index is 13.1. The molecule has 0 aliphatic carbocycles. The van der Waals surface area contributed by atoms with Crippen LogP contribution in [0.1, 0.15) is 27.7 Å². The van der Waals surface area contributed by atoms with E-state index in [0.29, 0.717) is 0 Å². The van der Waals surface area contributed by atoms with Gasteiger partial charge >= 0.3 is 0 Å². The lowest BCUT2D eigenvalue weighted by Crippen LogP contribution is -2.71. The zero-order chi connectivity index (χ0) is 69.9. The number of aliphatic hydroxyl groups excluding tert-OH is 21. The number of rotatable bonds is 23. The van der Waals surface area contributed by atoms with Gasteiger partial charge in [-0.2, -0.15) is 0 Å². The third-order valence-electron chi connectivity index (χ3n) is 17.4. The van der Waals surface area contributed by atoms with Gasteiger partial charge in [-0.15, -0.1) is 0 Å². The Morgan fingerprint density at radius 3 is 1.31 bits per heavy atom. The van der Waals surface area contributed by atoms with E-state index in [-0.39, 0.29) is 0 Å². The fourth-order valence-electron chi connectivity index (χ4n) is 12.2. The van der Waals surface area contributed by atoms with Gasteiger partial charge in [0.05, 0.1) is 52.4 Å². The Hall–Kier alpha value is -3.03. The summed E-state index contributed by atoms with van der Waals surface area (Å²) in [5.74, 6) is -2.53. The molecule has 0 aromatic heterocycles. The first-order valence-corrected chi connectivity index (χ1v) is 30.4. The van der Waals surface area contributed by atoms with Crippen molar-refractivity contribution in [3.8, 4) is 0 Å². The Labute approximate surface area is 538 Å². The molecule has 42 heteroatoms. The SMILES string of the molecule is CC(=O)N[C@@H]1[C@@H](O[C@@H]2O[C@@H](C)[C@@H](O)[C@@H](O)[C@@H]2O)[C@H](O[C@@H]2O[C@H](CO)[C@@H](O[C@@H]3O[C@H](CO[C@H]4O[C@H](CO)[C@@H](O[C@@H]5O[C@H](CO)[C@@H](O)[C@H](O)[C@H]5NC(C)=O)[C@@H](O)[C@@H]4O)[C@@H](O)[C@H](O[C@H]4O[C@H](CO)[C@@H](O)[C@H](O)[C@@H]4O)[C@@H]3O[C@@H]3OC[C@@H](O)[C@H](O)[C@H]3O)[C@H](O)[C@H]2NC(C)=O)[C@@H](CO)O[C@H]1O. The molecular weight excluding hydrogens is 1300 g/mol. The van der Waals surface area contributed by atoms with Gasteiger partial charge in [0, 0.05) is 20.8 Å². The molecule has 0 unspecified atom stereocenters. The molecule has 0 radical (unpaired) electrons. The van der Waals surface area contributed by atoms with Crippen molar-refractivity contribution in [2.75, 3.05) is 46.2 Å². The molecule has 8 aliphatic heterocycles. The second-order valence-electron chi connectivity index (χ2n) is 24.2. The molecule has 0 spiro atoms. The summed E-state index contributed by atoms with van der Waals surface area (Å²) in [6.45, 7) is -2.76. The number of carbonyl (C=O) groups excluding carboxylic acids is 3. The lowest BCUT2D eigenvalue weighted by molar-refractivity contribution is -0.405. The third kappa shape index (κ3) is 17.1. The van der Waals surface area contributed by atoms with Crippen molar-refractivity contribution >= 4 is 17.7 Å². The highest BCUT2D eigenvalue weighted by atomic mass is 16.8. The van der Waals surface area contributed by atoms with Crippen molar-refractivity contribution in [1.82, 2.24) is 16.0 Å². The van der Waals surface area contributed by atoms with Crippen LogP contribution in [-0.2, 0) is 85.4 Å². The number of hydrogen-bond donors (Lipinski definition) is 24. The van der Waals surface area contributed by atoms with Gasteiger partial charge in [0.2, 0.25) is 17.7 Å². The zero-order valence-electron chi connectivity index (χ0n) is 51.2. The Kier molecular flexibility index (Phi) is 27.5. The molecule has 8 aliphatic rings. The normalized spacial score (nSPS) is 49.9. The summed E-state index contributed by atoms with van der Waals surface area (Å²) in [4.78, 5) is 37.9. The van der Waals surface area contributed by atoms with E-state index in [2.05, 4.69) is 16.0 Å². The van der Waals surface area contributed by atoms with Gasteiger partial charge in [0.15, 0.2) is 50.3 Å². The third-order valence-corrected chi connectivity index (χ3v) is 17.4. The van der Waals surface area contributed by atoms with E-state index in [1.54, 1.807) is 0 Å². The van der Waals surface area contributed by atoms with Gasteiger partial charge in [-0.25, -0.2) is 0 Å². The lowest BCUT2D eigenvalue weighted by atomic mass is 9.93. The summed E-state index contributed by atoms with van der Waals surface area (Å²) in [7, 11) is 0. The molecule has 8 fully saturated rings. The maximum Gasteiger partial charge on any atom is 0.217 e. The highest BCUT2D eigenvalue weighted by Gasteiger charge is 2.60. The molecule has 42 nitrogen and oxygen atoms in total. The first-order chi connectivity index (χ1) is 44.9. The molecule has 95 heavy (non-hydrogen) atoms. The van der Waals surface area contributed by atoms with E-state index in [9.17, 15) is 122 Å². The largest absolute Gasteiger partial charge is 0.394 e. The van der Waals surface area contributed by atoms with Crippen molar-refractivity contribution in [2.45, 2.75) is 267 Å². The van der Waals surface area contributed by atoms with Gasteiger partial charge in [-0.05, 0) is 6.92 Å². The standard InChI is InChI=1S/C53H89N3O39/c1-12-26(66)33(73)37(77)51(83-12)93-43-25(56-15(4)64)46(80)84-21(9-61)42(43)92-48-24(55-14(3)63)32(72)40(19(7-59)87-48)91-53-45(95-50-36(76)27(67)16(65)10-81-50)44(94-52-38(78)34(74)29(69)18(6-58)86-52)30(70)22(89-53)11-82-49-39(79)35(75)41(20(8-60)88-49)90-47-23(54-13(2)62)31(71)28(68)17(5-57)85-47/h12,16-53,57-61,65-80H,5-11H2,1-4H3,(H,54,62)(H,55,63)(H,56,64)/t12-,16+,17+,18+,19+,20+,21+,22+,23+,24+,25+,26+,27-,28+,29+,30+,31+,32+,33+,34-,35-,36+,37-,38-,39-,40+,41+,42+,43+,44-,45-,46+,47-,48-,49-,50-,51-,52+,53-/m0/s1. The Balaban J connectivity index is 1.13. The Bertz CT molecular complexity index is 2440. The molecule has 8 saturated heterocycles. The minimum Gasteiger partial charge on any atom is -0.394 e. The van der Waals surface area contributed by atoms with Crippen LogP contribution in [-0.4, -0.2) is 411 Å². The smallest absolute Gasteiger partial charge is 0.217 e. The predicted octanol–water partition coefficient (Wildman–Crippen LogP) is -16.4. The fourth-order valence-corrected chi connectivity index (χ4v) is 12.2. The summed E-state index contributed by atoms with van der Waals surface area (Å²) in [6, 6.07) is -5.26. The summed E-state index contributed by atoms with van der Waals surface area (Å²) >= 11 is 0. The minimum absolute atomic E-state index is 0.757. The summed E-state index contributed by atoms with van der Waals surface area (Å²) in [5.41, 5.74) is 0. The van der Waals surface area contributed by atoms with E-state index in [0.717, 1.165) is 20.8 Å². The number of nitrogens with one attached hydrogen (secondary N) is 3. The van der Waals surface area contributed by atoms with Crippen molar-refractivity contribution < 1.29 is 193 Å². The van der Waals surface area contributed by atoms with Crippen LogP contribution in [0.2, 0.25) is 0 Å². The molecule has 39 atom stereocenters. The molecule has 0 aromatic carbocycles. The quantitative estimate of drug-likeness (QED) is 0.0452. The zero-order valence-corrected chi connectivity index (χ0v) is 51.2. The minimum atomic E-state index is -2.36. The highest BCUT2D eigenvalue weighted by molar-refractivity contribution is 5.74. The van der Waals surface area contributed by atoms with Crippen LogP contribution >= 0.6 is 0 Å². The van der Waals surface area contributed by atoms with Crippen molar-refractivity contribution in [1.29, 1.82) is 0 Å². The molecule has 0 saturated carbocycles. The lowest BCUT2D eigenvalue weighted by Gasteiger charge is -2.52. The molecule has 550 valence electrons. The van der Waals surface area contributed by atoms with Crippen LogP contribution in [0.25, 0.3) is 0 Å². The average Bonchev–Trinajstić information content (AvgIpc) is 0.770. The van der Waals surface area contributed by atoms with E-state index in [1.807, 2.05) is 0 Å². The second kappa shape index (κ2) is 33.6. The predicted molar refractivity (Wildman–Crippen MR) is 292 cm³/mol. The Morgan fingerprint density at radius 1 is 0.337 bits per heavy atom.